The van der Waals surface area contributed by atoms with E-state index in [-0.39, 0.29) is 24.1 Å². The molecular weight excluding hydrogens is 266 g/mol. The van der Waals surface area contributed by atoms with E-state index in [1.54, 1.807) is 0 Å². The molecule has 0 amide bonds. The third-order valence-corrected chi connectivity index (χ3v) is 4.64. The molecule has 0 unspecified atom stereocenters. The van der Waals surface area contributed by atoms with Crippen LogP contribution in [0.3, 0.4) is 0 Å². The van der Waals surface area contributed by atoms with Crippen molar-refractivity contribution >= 4 is 5.97 Å². The molecule has 0 saturated carbocycles. The number of aliphatic hydroxyl groups is 1. The lowest BCUT2D eigenvalue weighted by molar-refractivity contribution is -0.174. The number of fused-ring (bicyclic) bond motifs is 1. The van der Waals surface area contributed by atoms with Crippen LogP contribution in [0.15, 0.2) is 30.3 Å². The molecule has 0 spiro atoms. The van der Waals surface area contributed by atoms with Gasteiger partial charge in [-0.25, -0.2) is 0 Å². The van der Waals surface area contributed by atoms with Gasteiger partial charge in [0.1, 0.15) is 12.6 Å². The van der Waals surface area contributed by atoms with Crippen molar-refractivity contribution < 1.29 is 14.6 Å². The highest BCUT2D eigenvalue weighted by Crippen LogP contribution is 2.38. The number of carbonyl (C=O) groups is 1. The summed E-state index contributed by atoms with van der Waals surface area (Å²) in [5.74, 6) is -0.179. The summed E-state index contributed by atoms with van der Waals surface area (Å²) in [7, 11) is 0. The van der Waals surface area contributed by atoms with Gasteiger partial charge in [0.05, 0.1) is 12.1 Å². The molecule has 3 rings (SSSR count). The van der Waals surface area contributed by atoms with E-state index in [9.17, 15) is 9.90 Å². The van der Waals surface area contributed by atoms with E-state index in [4.69, 9.17) is 4.74 Å². The molecule has 2 fully saturated rings. The van der Waals surface area contributed by atoms with E-state index in [0.717, 1.165) is 19.3 Å². The molecule has 4 nitrogen and oxygen atoms in total. The first-order chi connectivity index (χ1) is 10.2. The molecular formula is C17H23NO3. The zero-order valence-electron chi connectivity index (χ0n) is 12.4. The number of piperidine rings is 1. The fraction of sp³-hybridized carbons (Fsp3) is 0.588. The summed E-state index contributed by atoms with van der Waals surface area (Å²) in [4.78, 5) is 14.4. The molecule has 2 heterocycles. The Hall–Kier alpha value is -1.39. The van der Waals surface area contributed by atoms with Crippen molar-refractivity contribution in [2.24, 2.45) is 0 Å². The van der Waals surface area contributed by atoms with Crippen molar-refractivity contribution in [3.05, 3.63) is 35.9 Å². The average Bonchev–Trinajstić information content (AvgIpc) is 2.49. The molecule has 1 aromatic rings. The number of nitrogens with zero attached hydrogens (tertiary/aromatic N) is 1. The van der Waals surface area contributed by atoms with E-state index < -0.39 is 6.10 Å². The topological polar surface area (TPSA) is 49.8 Å². The van der Waals surface area contributed by atoms with Crippen molar-refractivity contribution in [2.45, 2.75) is 56.8 Å². The minimum Gasteiger partial charge on any atom is -0.462 e. The summed E-state index contributed by atoms with van der Waals surface area (Å²) in [5.41, 5.74) is 1.19. The number of benzene rings is 1. The Kier molecular flexibility index (Phi) is 4.27. The average molecular weight is 289 g/mol. The van der Waals surface area contributed by atoms with Gasteiger partial charge in [0.25, 0.3) is 0 Å². The molecule has 0 aliphatic carbocycles. The lowest BCUT2D eigenvalue weighted by Crippen LogP contribution is -2.59. The second-order valence-corrected chi connectivity index (χ2v) is 6.09. The van der Waals surface area contributed by atoms with Gasteiger partial charge in [0.2, 0.25) is 0 Å². The fourth-order valence-corrected chi connectivity index (χ4v) is 3.74. The summed E-state index contributed by atoms with van der Waals surface area (Å²) in [6, 6.07) is 10.3. The molecule has 2 saturated heterocycles. The molecule has 1 aromatic carbocycles. The maximum atomic E-state index is 12.1. The second kappa shape index (κ2) is 6.16. The van der Waals surface area contributed by atoms with Gasteiger partial charge in [-0.15, -0.1) is 0 Å². The van der Waals surface area contributed by atoms with Crippen LogP contribution in [-0.2, 0) is 9.53 Å². The minimum absolute atomic E-state index is 0.109. The summed E-state index contributed by atoms with van der Waals surface area (Å²) in [5, 5.41) is 10.1. The number of hydrogen-bond donors (Lipinski definition) is 1. The first-order valence-electron chi connectivity index (χ1n) is 7.87. The monoisotopic (exact) mass is 289 g/mol. The molecule has 1 N–H and O–H groups in total. The van der Waals surface area contributed by atoms with Gasteiger partial charge < -0.3 is 9.84 Å². The predicted molar refractivity (Wildman–Crippen MR) is 79.7 cm³/mol. The van der Waals surface area contributed by atoms with Crippen molar-refractivity contribution in [1.82, 2.24) is 4.90 Å². The third kappa shape index (κ3) is 2.83. The van der Waals surface area contributed by atoms with Crippen LogP contribution in [0.25, 0.3) is 0 Å². The number of morpholine rings is 1. The molecule has 0 bridgehead atoms. The van der Waals surface area contributed by atoms with E-state index in [1.165, 1.54) is 5.56 Å². The van der Waals surface area contributed by atoms with Crippen LogP contribution in [0.5, 0.6) is 0 Å². The number of aliphatic hydroxyl groups excluding tert-OH is 1. The maximum absolute atomic E-state index is 12.1. The number of hydrogen-bond acceptors (Lipinski definition) is 4. The van der Waals surface area contributed by atoms with Gasteiger partial charge in [0.15, 0.2) is 0 Å². The third-order valence-electron chi connectivity index (χ3n) is 4.64. The Morgan fingerprint density at radius 3 is 2.71 bits per heavy atom. The van der Waals surface area contributed by atoms with Gasteiger partial charge in [-0.05, 0) is 24.8 Å². The molecule has 21 heavy (non-hydrogen) atoms. The van der Waals surface area contributed by atoms with Gasteiger partial charge in [-0.1, -0.05) is 43.7 Å². The number of carbonyl (C=O) groups excluding carboxylic acids is 1. The highest BCUT2D eigenvalue weighted by molar-refractivity contribution is 5.77. The molecule has 2 aliphatic heterocycles. The molecule has 4 heteroatoms. The SMILES string of the molecule is CCC[C@@H]1C[C@@H](O)C[C@H]2C(=O)OC[C@H](c3ccccc3)N12. The molecule has 4 atom stereocenters. The van der Waals surface area contributed by atoms with E-state index in [0.29, 0.717) is 13.0 Å². The Morgan fingerprint density at radius 2 is 2.00 bits per heavy atom. The highest BCUT2D eigenvalue weighted by Gasteiger charge is 2.46. The quantitative estimate of drug-likeness (QED) is 0.867. The molecule has 114 valence electrons. The lowest BCUT2D eigenvalue weighted by atomic mass is 9.86. The van der Waals surface area contributed by atoms with Crippen LogP contribution >= 0.6 is 0 Å². The summed E-state index contributed by atoms with van der Waals surface area (Å²) in [6.07, 6.45) is 2.90. The zero-order valence-corrected chi connectivity index (χ0v) is 12.4. The standard InChI is InChI=1S/C17H23NO3/c1-2-6-13-9-14(19)10-15-17(20)21-11-16(18(13)15)12-7-4-3-5-8-12/h3-5,7-8,13-16,19H,2,6,9-11H2,1H3/t13-,14-,15+,16-/m1/s1. The van der Waals surface area contributed by atoms with Crippen molar-refractivity contribution in [1.29, 1.82) is 0 Å². The van der Waals surface area contributed by atoms with Crippen molar-refractivity contribution in [3.63, 3.8) is 0 Å². The van der Waals surface area contributed by atoms with Gasteiger partial charge in [-0.3, -0.25) is 9.69 Å². The Morgan fingerprint density at radius 1 is 1.24 bits per heavy atom. The largest absolute Gasteiger partial charge is 0.462 e. The van der Waals surface area contributed by atoms with Crippen LogP contribution in [0, 0.1) is 0 Å². The van der Waals surface area contributed by atoms with E-state index in [1.807, 2.05) is 18.2 Å². The van der Waals surface area contributed by atoms with Crippen LogP contribution in [0.4, 0.5) is 0 Å². The van der Waals surface area contributed by atoms with Crippen molar-refractivity contribution in [2.75, 3.05) is 6.61 Å². The number of rotatable bonds is 3. The number of esters is 1. The summed E-state index contributed by atoms with van der Waals surface area (Å²) < 4.78 is 5.40. The molecule has 0 aromatic heterocycles. The Labute approximate surface area is 125 Å². The van der Waals surface area contributed by atoms with Crippen LogP contribution in [0.1, 0.15) is 44.2 Å². The summed E-state index contributed by atoms with van der Waals surface area (Å²) >= 11 is 0. The lowest BCUT2D eigenvalue weighted by Gasteiger charge is -2.49. The minimum atomic E-state index is -0.398. The van der Waals surface area contributed by atoms with Gasteiger partial charge >= 0.3 is 5.97 Å². The predicted octanol–water partition coefficient (Wildman–Crippen LogP) is 2.28. The Bertz CT molecular complexity index is 490. The number of ether oxygens (including phenoxy) is 1. The first-order valence-corrected chi connectivity index (χ1v) is 7.87. The van der Waals surface area contributed by atoms with E-state index in [2.05, 4.69) is 24.0 Å². The van der Waals surface area contributed by atoms with Crippen LogP contribution < -0.4 is 0 Å². The normalized spacial score (nSPS) is 33.3. The first kappa shape index (κ1) is 14.5. The number of cyclic esters (lactones) is 1. The highest BCUT2D eigenvalue weighted by atomic mass is 16.5. The maximum Gasteiger partial charge on any atom is 0.323 e. The molecule has 2 aliphatic rings. The van der Waals surface area contributed by atoms with E-state index >= 15 is 0 Å². The summed E-state index contributed by atoms with van der Waals surface area (Å²) in [6.45, 7) is 2.56. The van der Waals surface area contributed by atoms with Crippen LogP contribution in [0.2, 0.25) is 0 Å². The van der Waals surface area contributed by atoms with Gasteiger partial charge in [-0.2, -0.15) is 0 Å². The van der Waals surface area contributed by atoms with Crippen LogP contribution in [-0.4, -0.2) is 40.8 Å². The van der Waals surface area contributed by atoms with Crippen molar-refractivity contribution in [3.8, 4) is 0 Å². The smallest absolute Gasteiger partial charge is 0.323 e. The fourth-order valence-electron chi connectivity index (χ4n) is 3.74. The van der Waals surface area contributed by atoms with Gasteiger partial charge in [0, 0.05) is 6.04 Å². The molecule has 0 radical (unpaired) electrons. The Balaban J connectivity index is 1.92. The second-order valence-electron chi connectivity index (χ2n) is 6.09. The zero-order chi connectivity index (χ0) is 14.8.